The van der Waals surface area contributed by atoms with Crippen molar-refractivity contribution in [1.29, 1.82) is 5.26 Å². The highest BCUT2D eigenvalue weighted by Gasteiger charge is 2.50. The minimum Gasteiger partial charge on any atom is -0.461 e. The molecule has 13 heteroatoms. The van der Waals surface area contributed by atoms with Gasteiger partial charge in [-0.05, 0) is 68.3 Å². The van der Waals surface area contributed by atoms with E-state index in [1.807, 2.05) is 0 Å². The standard InChI is InChI=1S/C33H32F3N7O2S/c34-17-6-33(4-1-5-43(33)11-17)14-45-32-41-28(22-15-2-3-16(22)9-39-8-15)24-20-13-44-12-19(20)23(26(36)29(24)42-32)27-25-18(7-37)31(38)46-30(25)21(35)10-40-27/h10,15-17,22,39H,1-6,8-9,11-14,38H2/t15?,16?,17-,22?,33+/m1/s1. The van der Waals surface area contributed by atoms with Crippen molar-refractivity contribution in [3.8, 4) is 23.3 Å². The first-order valence-electron chi connectivity index (χ1n) is 16.0. The summed E-state index contributed by atoms with van der Waals surface area (Å²) in [7, 11) is 0. The van der Waals surface area contributed by atoms with Crippen molar-refractivity contribution in [2.75, 3.05) is 38.5 Å². The second kappa shape index (κ2) is 10.5. The normalized spacial score (nSPS) is 28.7. The van der Waals surface area contributed by atoms with Gasteiger partial charge < -0.3 is 20.5 Å². The Kier molecular flexibility index (Phi) is 6.52. The number of nitriles is 1. The minimum absolute atomic E-state index is 0.0657. The van der Waals surface area contributed by atoms with Crippen LogP contribution < -0.4 is 15.8 Å². The molecule has 0 spiro atoms. The topological polar surface area (TPSA) is 122 Å². The lowest BCUT2D eigenvalue weighted by atomic mass is 9.80. The Morgan fingerprint density at radius 3 is 2.78 bits per heavy atom. The van der Waals surface area contributed by atoms with Crippen LogP contribution >= 0.6 is 11.3 Å². The van der Waals surface area contributed by atoms with Crippen molar-refractivity contribution in [2.45, 2.75) is 62.9 Å². The number of nitrogens with one attached hydrogen (secondary N) is 1. The van der Waals surface area contributed by atoms with E-state index in [1.54, 1.807) is 0 Å². The lowest BCUT2D eigenvalue weighted by molar-refractivity contribution is 0.107. The van der Waals surface area contributed by atoms with Crippen LogP contribution in [0.3, 0.4) is 0 Å². The molecule has 1 saturated carbocycles. The highest BCUT2D eigenvalue weighted by atomic mass is 32.1. The number of ether oxygens (including phenoxy) is 2. The molecule has 3 saturated heterocycles. The molecular weight excluding hydrogens is 615 g/mol. The molecule has 0 radical (unpaired) electrons. The fourth-order valence-corrected chi connectivity index (χ4v) is 10.1. The summed E-state index contributed by atoms with van der Waals surface area (Å²) in [5.41, 5.74) is 8.26. The van der Waals surface area contributed by atoms with Crippen molar-refractivity contribution in [3.63, 3.8) is 0 Å². The molecule has 2 bridgehead atoms. The number of benzene rings is 1. The maximum absolute atomic E-state index is 17.3. The third-order valence-electron chi connectivity index (χ3n) is 11.1. The summed E-state index contributed by atoms with van der Waals surface area (Å²) in [5, 5.41) is 14.4. The number of anilines is 1. The number of nitrogens with zero attached hydrogens (tertiary/aromatic N) is 5. The van der Waals surface area contributed by atoms with E-state index in [4.69, 9.17) is 25.2 Å². The van der Waals surface area contributed by atoms with Crippen LogP contribution in [-0.4, -0.2) is 64.3 Å². The van der Waals surface area contributed by atoms with Gasteiger partial charge >= 0.3 is 6.01 Å². The molecule has 1 aromatic carbocycles. The predicted molar refractivity (Wildman–Crippen MR) is 166 cm³/mol. The predicted octanol–water partition coefficient (Wildman–Crippen LogP) is 5.34. The smallest absolute Gasteiger partial charge is 0.317 e. The van der Waals surface area contributed by atoms with Crippen molar-refractivity contribution >= 4 is 37.3 Å². The Bertz CT molecular complexity index is 1970. The molecule has 4 aliphatic heterocycles. The number of aromatic nitrogens is 3. The van der Waals surface area contributed by atoms with Gasteiger partial charge in [0.1, 0.15) is 29.4 Å². The first kappa shape index (κ1) is 28.6. The summed E-state index contributed by atoms with van der Waals surface area (Å²) in [4.78, 5) is 16.3. The third-order valence-corrected chi connectivity index (χ3v) is 12.2. The molecule has 9 rings (SSSR count). The van der Waals surface area contributed by atoms with Crippen LogP contribution in [0.25, 0.3) is 32.2 Å². The molecule has 9 nitrogen and oxygen atoms in total. The first-order valence-corrected chi connectivity index (χ1v) is 16.8. The molecule has 2 unspecified atom stereocenters. The number of fused-ring (bicyclic) bond motifs is 7. The van der Waals surface area contributed by atoms with E-state index in [0.717, 1.165) is 74.1 Å². The van der Waals surface area contributed by atoms with E-state index in [0.29, 0.717) is 35.8 Å². The van der Waals surface area contributed by atoms with E-state index in [1.165, 1.54) is 0 Å². The van der Waals surface area contributed by atoms with Crippen LogP contribution in [0.1, 0.15) is 60.4 Å². The molecule has 5 aliphatic rings. The molecule has 1 aliphatic carbocycles. The van der Waals surface area contributed by atoms with Crippen molar-refractivity contribution in [3.05, 3.63) is 40.2 Å². The quantitative estimate of drug-likeness (QED) is 0.296. The van der Waals surface area contributed by atoms with E-state index >= 15 is 4.39 Å². The van der Waals surface area contributed by atoms with E-state index < -0.39 is 23.3 Å². The summed E-state index contributed by atoms with van der Waals surface area (Å²) in [5.74, 6) is -0.517. The molecule has 7 heterocycles. The van der Waals surface area contributed by atoms with Gasteiger partial charge in [-0.1, -0.05) is 0 Å². The van der Waals surface area contributed by atoms with Crippen LogP contribution in [-0.2, 0) is 18.0 Å². The Balaban J connectivity index is 1.27. The van der Waals surface area contributed by atoms with E-state index in [9.17, 15) is 14.0 Å². The van der Waals surface area contributed by atoms with E-state index in [2.05, 4.69) is 21.3 Å². The Morgan fingerprint density at radius 2 is 1.98 bits per heavy atom. The summed E-state index contributed by atoms with van der Waals surface area (Å²) < 4.78 is 59.3. The molecule has 4 aromatic rings. The largest absolute Gasteiger partial charge is 0.461 e. The molecule has 3 aromatic heterocycles. The number of nitrogens with two attached hydrogens (primary N) is 1. The first-order chi connectivity index (χ1) is 22.4. The number of alkyl halides is 1. The second-order valence-electron chi connectivity index (χ2n) is 13.5. The summed E-state index contributed by atoms with van der Waals surface area (Å²) in [6, 6.07) is 2.14. The number of rotatable bonds is 5. The Labute approximate surface area is 266 Å². The van der Waals surface area contributed by atoms with Gasteiger partial charge in [-0.15, -0.1) is 11.3 Å². The molecule has 4 atom stereocenters. The van der Waals surface area contributed by atoms with Gasteiger partial charge in [0.2, 0.25) is 0 Å². The summed E-state index contributed by atoms with van der Waals surface area (Å²) in [6.45, 7) is 3.50. The SMILES string of the molecule is N#Cc1c(N)sc2c(F)cnc(-c3c4c(c5c(C6C7CCC6CNC7)nc(OC[C@@]67CCCN6C[C@H](F)C7)nc5c3F)COC4)c12. The molecule has 238 valence electrons. The fraction of sp³-hybridized carbons (Fsp3) is 0.515. The third kappa shape index (κ3) is 4.06. The number of halogens is 3. The van der Waals surface area contributed by atoms with Crippen molar-refractivity contribution < 1.29 is 22.6 Å². The second-order valence-corrected chi connectivity index (χ2v) is 14.6. The highest BCUT2D eigenvalue weighted by Crippen LogP contribution is 2.51. The van der Waals surface area contributed by atoms with Gasteiger partial charge in [0.05, 0.1) is 46.6 Å². The number of piperidine rings is 1. The summed E-state index contributed by atoms with van der Waals surface area (Å²) in [6.07, 6.45) is 4.42. The number of hydrogen-bond acceptors (Lipinski definition) is 10. The zero-order valence-electron chi connectivity index (χ0n) is 25.0. The van der Waals surface area contributed by atoms with Crippen LogP contribution in [0.2, 0.25) is 0 Å². The number of nitrogen functional groups attached to an aromatic ring is 1. The zero-order chi connectivity index (χ0) is 31.3. The fourth-order valence-electron chi connectivity index (χ4n) is 9.16. The van der Waals surface area contributed by atoms with Crippen LogP contribution in [0.4, 0.5) is 18.2 Å². The highest BCUT2D eigenvalue weighted by molar-refractivity contribution is 7.23. The minimum atomic E-state index is -0.908. The molecule has 4 fully saturated rings. The number of pyridine rings is 1. The molecular formula is C33H32F3N7O2S. The average molecular weight is 648 g/mol. The van der Waals surface area contributed by atoms with Gasteiger partial charge in [-0.2, -0.15) is 15.2 Å². The molecule has 46 heavy (non-hydrogen) atoms. The summed E-state index contributed by atoms with van der Waals surface area (Å²) >= 11 is 0.943. The van der Waals surface area contributed by atoms with Gasteiger partial charge in [0, 0.05) is 35.2 Å². The monoisotopic (exact) mass is 647 g/mol. The maximum Gasteiger partial charge on any atom is 0.317 e. The van der Waals surface area contributed by atoms with Gasteiger partial charge in [-0.25, -0.2) is 13.2 Å². The lowest BCUT2D eigenvalue weighted by Gasteiger charge is -2.33. The lowest BCUT2D eigenvalue weighted by Crippen LogP contribution is -2.43. The van der Waals surface area contributed by atoms with Gasteiger partial charge in [-0.3, -0.25) is 9.88 Å². The average Bonchev–Trinajstić information content (AvgIpc) is 3.85. The Hall–Kier alpha value is -3.57. The molecule has 3 N–H and O–H groups in total. The Morgan fingerprint density at radius 1 is 1.17 bits per heavy atom. The number of hydrogen-bond donors (Lipinski definition) is 2. The van der Waals surface area contributed by atoms with Crippen molar-refractivity contribution in [1.82, 2.24) is 25.2 Å². The van der Waals surface area contributed by atoms with Crippen LogP contribution in [0.5, 0.6) is 6.01 Å². The zero-order valence-corrected chi connectivity index (χ0v) is 25.9. The van der Waals surface area contributed by atoms with Crippen LogP contribution in [0.15, 0.2) is 6.20 Å². The van der Waals surface area contributed by atoms with E-state index in [-0.39, 0.29) is 69.2 Å². The van der Waals surface area contributed by atoms with Crippen LogP contribution in [0, 0.1) is 34.8 Å². The molecule has 0 amide bonds. The maximum atomic E-state index is 17.3. The number of thiophene rings is 1. The van der Waals surface area contributed by atoms with Gasteiger partial charge in [0.25, 0.3) is 0 Å². The van der Waals surface area contributed by atoms with Crippen molar-refractivity contribution in [2.24, 2.45) is 11.8 Å². The van der Waals surface area contributed by atoms with Gasteiger partial charge in [0.15, 0.2) is 11.6 Å².